The number of nitrogens with one attached hydrogen (secondary N) is 1. The van der Waals surface area contributed by atoms with Crippen LogP contribution in [-0.4, -0.2) is 19.2 Å². The average Bonchev–Trinajstić information content (AvgIpc) is 2.35. The summed E-state index contributed by atoms with van der Waals surface area (Å²) >= 11 is 0. The second-order valence-electron chi connectivity index (χ2n) is 6.04. The van der Waals surface area contributed by atoms with Gasteiger partial charge in [-0.25, -0.2) is 0 Å². The van der Waals surface area contributed by atoms with Gasteiger partial charge in [-0.3, -0.25) is 0 Å². The highest BCUT2D eigenvalue weighted by molar-refractivity contribution is 5.29. The van der Waals surface area contributed by atoms with E-state index in [4.69, 9.17) is 4.74 Å². The van der Waals surface area contributed by atoms with E-state index in [9.17, 15) is 0 Å². The molecule has 0 bridgehead atoms. The Morgan fingerprint density at radius 2 is 1.63 bits per heavy atom. The fraction of sp³-hybridized carbons (Fsp3) is 0.647. The maximum Gasteiger partial charge on any atom is 0.119 e. The van der Waals surface area contributed by atoms with Crippen molar-refractivity contribution in [3.05, 3.63) is 29.8 Å². The molecule has 0 aliphatic carbocycles. The zero-order chi connectivity index (χ0) is 14.3. The van der Waals surface area contributed by atoms with E-state index in [2.05, 4.69) is 64.2 Å². The monoisotopic (exact) mass is 263 g/mol. The molecule has 1 atom stereocenters. The molecular weight excluding hydrogens is 234 g/mol. The van der Waals surface area contributed by atoms with Gasteiger partial charge in [0.15, 0.2) is 0 Å². The van der Waals surface area contributed by atoms with Gasteiger partial charge in [0.2, 0.25) is 0 Å². The van der Waals surface area contributed by atoms with E-state index in [-0.39, 0.29) is 6.10 Å². The Bertz CT molecular complexity index is 343. The van der Waals surface area contributed by atoms with Crippen molar-refractivity contribution in [1.29, 1.82) is 0 Å². The molecule has 0 aliphatic rings. The van der Waals surface area contributed by atoms with Crippen molar-refractivity contribution in [3.63, 3.8) is 0 Å². The molecule has 1 unspecified atom stereocenters. The molecule has 1 N–H and O–H groups in total. The van der Waals surface area contributed by atoms with E-state index in [0.29, 0.717) is 5.92 Å². The molecule has 0 aromatic heterocycles. The summed E-state index contributed by atoms with van der Waals surface area (Å²) in [7, 11) is 0. The molecule has 0 spiro atoms. The Hall–Kier alpha value is -1.02. The molecule has 19 heavy (non-hydrogen) atoms. The van der Waals surface area contributed by atoms with Crippen molar-refractivity contribution < 1.29 is 4.74 Å². The van der Waals surface area contributed by atoms with Crippen LogP contribution in [0.3, 0.4) is 0 Å². The van der Waals surface area contributed by atoms with Crippen molar-refractivity contribution in [2.45, 2.75) is 53.1 Å². The summed E-state index contributed by atoms with van der Waals surface area (Å²) in [5.41, 5.74) is 1.36. The minimum atomic E-state index is 0.206. The zero-order valence-electron chi connectivity index (χ0n) is 13.1. The highest BCUT2D eigenvalue weighted by Crippen LogP contribution is 2.19. The van der Waals surface area contributed by atoms with Crippen molar-refractivity contribution in [1.82, 2.24) is 5.32 Å². The van der Waals surface area contributed by atoms with Crippen LogP contribution in [0.1, 0.15) is 52.5 Å². The summed E-state index contributed by atoms with van der Waals surface area (Å²) in [5.74, 6) is 2.29. The lowest BCUT2D eigenvalue weighted by molar-refractivity contribution is 0.216. The fourth-order valence-electron chi connectivity index (χ4n) is 1.90. The second kappa shape index (κ2) is 8.21. The number of benzene rings is 1. The van der Waals surface area contributed by atoms with Crippen LogP contribution in [0.2, 0.25) is 0 Å². The first-order chi connectivity index (χ1) is 8.99. The Morgan fingerprint density at radius 1 is 1.00 bits per heavy atom. The van der Waals surface area contributed by atoms with Crippen molar-refractivity contribution in [3.8, 4) is 5.75 Å². The lowest BCUT2D eigenvalue weighted by Crippen LogP contribution is -2.30. The molecule has 2 nitrogen and oxygen atoms in total. The molecule has 0 fully saturated rings. The summed E-state index contributed by atoms with van der Waals surface area (Å²) in [6.07, 6.45) is 1.42. The lowest BCUT2D eigenvalue weighted by Gasteiger charge is -2.16. The molecule has 1 aromatic carbocycles. The third-order valence-corrected chi connectivity index (χ3v) is 3.21. The van der Waals surface area contributed by atoms with Crippen LogP contribution >= 0.6 is 0 Å². The van der Waals surface area contributed by atoms with Crippen LogP contribution < -0.4 is 10.1 Å². The summed E-state index contributed by atoms with van der Waals surface area (Å²) in [6, 6.07) is 8.44. The minimum Gasteiger partial charge on any atom is -0.489 e. The Labute approximate surface area is 118 Å². The Kier molecular flexibility index (Phi) is 6.93. The van der Waals surface area contributed by atoms with Gasteiger partial charge in [0.05, 0.1) is 0 Å². The van der Waals surface area contributed by atoms with E-state index in [1.165, 1.54) is 12.0 Å². The third-order valence-electron chi connectivity index (χ3n) is 3.21. The van der Waals surface area contributed by atoms with E-state index in [1.54, 1.807) is 0 Å². The van der Waals surface area contributed by atoms with Gasteiger partial charge in [0, 0.05) is 6.54 Å². The largest absolute Gasteiger partial charge is 0.489 e. The number of hydrogen-bond donors (Lipinski definition) is 1. The standard InChI is InChI=1S/C17H29NO/c1-13(2)10-11-18-12-15(5)19-17-8-6-16(7-9-17)14(3)4/h6-9,13-15,18H,10-12H2,1-5H3. The molecular formula is C17H29NO. The van der Waals surface area contributed by atoms with E-state index in [0.717, 1.165) is 24.8 Å². The van der Waals surface area contributed by atoms with Crippen LogP contribution in [-0.2, 0) is 0 Å². The quantitative estimate of drug-likeness (QED) is 0.709. The Morgan fingerprint density at radius 3 is 2.16 bits per heavy atom. The zero-order valence-corrected chi connectivity index (χ0v) is 13.1. The minimum absolute atomic E-state index is 0.206. The van der Waals surface area contributed by atoms with Crippen LogP contribution in [0.25, 0.3) is 0 Å². The number of ether oxygens (including phenoxy) is 1. The molecule has 0 heterocycles. The predicted octanol–water partition coefficient (Wildman–Crippen LogP) is 4.21. The maximum absolute atomic E-state index is 5.89. The lowest BCUT2D eigenvalue weighted by atomic mass is 10.0. The van der Waals surface area contributed by atoms with Gasteiger partial charge in [-0.1, -0.05) is 39.8 Å². The molecule has 0 saturated heterocycles. The number of hydrogen-bond acceptors (Lipinski definition) is 2. The van der Waals surface area contributed by atoms with Gasteiger partial charge >= 0.3 is 0 Å². The summed E-state index contributed by atoms with van der Waals surface area (Å²) in [5, 5.41) is 3.44. The summed E-state index contributed by atoms with van der Waals surface area (Å²) in [4.78, 5) is 0. The topological polar surface area (TPSA) is 21.3 Å². The van der Waals surface area contributed by atoms with Crippen LogP contribution in [0.4, 0.5) is 0 Å². The van der Waals surface area contributed by atoms with Gasteiger partial charge < -0.3 is 10.1 Å². The fourth-order valence-corrected chi connectivity index (χ4v) is 1.90. The van der Waals surface area contributed by atoms with Crippen molar-refractivity contribution >= 4 is 0 Å². The van der Waals surface area contributed by atoms with E-state index >= 15 is 0 Å². The predicted molar refractivity (Wildman–Crippen MR) is 82.9 cm³/mol. The van der Waals surface area contributed by atoms with Gasteiger partial charge in [-0.05, 0) is 49.4 Å². The smallest absolute Gasteiger partial charge is 0.119 e. The van der Waals surface area contributed by atoms with Crippen LogP contribution in [0, 0.1) is 5.92 Å². The summed E-state index contributed by atoms with van der Waals surface area (Å²) < 4.78 is 5.89. The van der Waals surface area contributed by atoms with Gasteiger partial charge in [-0.15, -0.1) is 0 Å². The first-order valence-corrected chi connectivity index (χ1v) is 7.46. The normalized spacial score (nSPS) is 13.0. The second-order valence-corrected chi connectivity index (χ2v) is 6.04. The van der Waals surface area contributed by atoms with E-state index < -0.39 is 0 Å². The Balaban J connectivity index is 2.29. The first-order valence-electron chi connectivity index (χ1n) is 7.46. The van der Waals surface area contributed by atoms with Gasteiger partial charge in [-0.2, -0.15) is 0 Å². The SMILES string of the molecule is CC(C)CCNCC(C)Oc1ccc(C(C)C)cc1. The molecule has 0 aliphatic heterocycles. The molecule has 108 valence electrons. The number of rotatable bonds is 8. The highest BCUT2D eigenvalue weighted by Gasteiger charge is 2.05. The molecule has 1 aromatic rings. The molecule has 1 rings (SSSR count). The van der Waals surface area contributed by atoms with Gasteiger partial charge in [0.25, 0.3) is 0 Å². The first kappa shape index (κ1) is 16.0. The van der Waals surface area contributed by atoms with Crippen LogP contribution in [0.15, 0.2) is 24.3 Å². The molecule has 0 saturated carbocycles. The van der Waals surface area contributed by atoms with E-state index in [1.807, 2.05) is 0 Å². The maximum atomic E-state index is 5.89. The van der Waals surface area contributed by atoms with Gasteiger partial charge in [0.1, 0.15) is 11.9 Å². The highest BCUT2D eigenvalue weighted by atomic mass is 16.5. The third kappa shape index (κ3) is 6.63. The average molecular weight is 263 g/mol. The van der Waals surface area contributed by atoms with Crippen molar-refractivity contribution in [2.75, 3.05) is 13.1 Å². The molecule has 0 radical (unpaired) electrons. The van der Waals surface area contributed by atoms with Crippen molar-refractivity contribution in [2.24, 2.45) is 5.92 Å². The van der Waals surface area contributed by atoms with Crippen LogP contribution in [0.5, 0.6) is 5.75 Å². The summed E-state index contributed by atoms with van der Waals surface area (Å²) in [6.45, 7) is 13.0. The molecule has 0 amide bonds. The molecule has 2 heteroatoms.